The lowest BCUT2D eigenvalue weighted by molar-refractivity contribution is -0.122. The van der Waals surface area contributed by atoms with Crippen molar-refractivity contribution in [1.29, 1.82) is 0 Å². The van der Waals surface area contributed by atoms with E-state index >= 15 is 0 Å². The molecule has 0 unspecified atom stereocenters. The molecule has 3 nitrogen and oxygen atoms in total. The van der Waals surface area contributed by atoms with Crippen molar-refractivity contribution in [3.05, 3.63) is 29.8 Å². The molecule has 0 radical (unpaired) electrons. The second kappa shape index (κ2) is 9.70. The maximum Gasteiger partial charge on any atom is 0.290 e. The Hall–Kier alpha value is -1.51. The Bertz CT molecular complexity index is 294. The molecule has 0 saturated heterocycles. The molecule has 0 amide bonds. The maximum absolute atomic E-state index is 8.36. The first kappa shape index (κ1) is 15.5. The van der Waals surface area contributed by atoms with Crippen molar-refractivity contribution in [3.8, 4) is 0 Å². The fourth-order valence-corrected chi connectivity index (χ4v) is 1.54. The molecular formula is C14H23NO2. The van der Waals surface area contributed by atoms with Crippen molar-refractivity contribution in [3.63, 3.8) is 0 Å². The van der Waals surface area contributed by atoms with E-state index in [2.05, 4.69) is 50.2 Å². The van der Waals surface area contributed by atoms with Gasteiger partial charge in [0, 0.05) is 19.8 Å². The van der Waals surface area contributed by atoms with Gasteiger partial charge in [0.15, 0.2) is 0 Å². The summed E-state index contributed by atoms with van der Waals surface area (Å²) in [6.07, 6.45) is 5.19. The third-order valence-corrected chi connectivity index (χ3v) is 2.52. The smallest absolute Gasteiger partial charge is 0.290 e. The average molecular weight is 237 g/mol. The van der Waals surface area contributed by atoms with Gasteiger partial charge in [0.25, 0.3) is 6.47 Å². The van der Waals surface area contributed by atoms with Crippen LogP contribution >= 0.6 is 0 Å². The lowest BCUT2D eigenvalue weighted by Gasteiger charge is -2.12. The second-order valence-electron chi connectivity index (χ2n) is 4.12. The highest BCUT2D eigenvalue weighted by atomic mass is 16.3. The van der Waals surface area contributed by atoms with Crippen molar-refractivity contribution in [2.45, 2.75) is 32.6 Å². The minimum atomic E-state index is -0.250. The van der Waals surface area contributed by atoms with Crippen LogP contribution in [0, 0.1) is 0 Å². The molecule has 1 rings (SSSR count). The van der Waals surface area contributed by atoms with E-state index in [1.54, 1.807) is 0 Å². The Morgan fingerprint density at radius 1 is 1.18 bits per heavy atom. The van der Waals surface area contributed by atoms with Crippen LogP contribution in [0.4, 0.5) is 5.69 Å². The van der Waals surface area contributed by atoms with Gasteiger partial charge in [0.05, 0.1) is 0 Å². The van der Waals surface area contributed by atoms with Crippen molar-refractivity contribution in [2.75, 3.05) is 19.0 Å². The van der Waals surface area contributed by atoms with E-state index in [0.717, 1.165) is 0 Å². The van der Waals surface area contributed by atoms with Crippen LogP contribution in [0.1, 0.15) is 31.7 Å². The Kier molecular flexibility index (Phi) is 8.84. The summed E-state index contributed by atoms with van der Waals surface area (Å²) in [4.78, 5) is 10.5. The summed E-state index contributed by atoms with van der Waals surface area (Å²) in [5.41, 5.74) is 2.74. The van der Waals surface area contributed by atoms with E-state index in [0.29, 0.717) is 0 Å². The summed E-state index contributed by atoms with van der Waals surface area (Å²) in [7, 11) is 4.15. The Labute approximate surface area is 104 Å². The standard InChI is InChI=1S/C13H21N.CH2O2/c1-4-5-6-7-12-8-10-13(11-9-12)14(2)3;2-1-3/h8-11H,4-7H2,1-3H3;1H,(H,2,3). The second-order valence-corrected chi connectivity index (χ2v) is 4.12. The van der Waals surface area contributed by atoms with Gasteiger partial charge in [-0.3, -0.25) is 4.79 Å². The molecule has 0 spiro atoms. The molecular weight excluding hydrogens is 214 g/mol. The number of carboxylic acid groups (broad SMARTS) is 1. The van der Waals surface area contributed by atoms with Crippen molar-refractivity contribution >= 4 is 12.2 Å². The van der Waals surface area contributed by atoms with Crippen molar-refractivity contribution < 1.29 is 9.90 Å². The van der Waals surface area contributed by atoms with Gasteiger partial charge >= 0.3 is 0 Å². The summed E-state index contributed by atoms with van der Waals surface area (Å²) in [5, 5.41) is 6.89. The molecule has 0 aliphatic heterocycles. The molecule has 0 aliphatic carbocycles. The zero-order valence-corrected chi connectivity index (χ0v) is 11.0. The molecule has 1 aromatic rings. The van der Waals surface area contributed by atoms with Gasteiger partial charge in [-0.15, -0.1) is 0 Å². The average Bonchev–Trinajstić information content (AvgIpc) is 2.31. The topological polar surface area (TPSA) is 40.5 Å². The van der Waals surface area contributed by atoms with E-state index in [1.807, 2.05) is 0 Å². The van der Waals surface area contributed by atoms with Gasteiger partial charge in [-0.2, -0.15) is 0 Å². The van der Waals surface area contributed by atoms with Gasteiger partial charge in [-0.1, -0.05) is 31.9 Å². The number of nitrogens with zero attached hydrogens (tertiary/aromatic N) is 1. The maximum atomic E-state index is 8.36. The number of hydrogen-bond donors (Lipinski definition) is 1. The van der Waals surface area contributed by atoms with Crippen LogP contribution in [0.15, 0.2) is 24.3 Å². The predicted molar refractivity (Wildman–Crippen MR) is 72.7 cm³/mol. The largest absolute Gasteiger partial charge is 0.483 e. The number of unbranched alkanes of at least 4 members (excludes halogenated alkanes) is 2. The van der Waals surface area contributed by atoms with Gasteiger partial charge in [0.2, 0.25) is 0 Å². The number of carbonyl (C=O) groups is 1. The summed E-state index contributed by atoms with van der Waals surface area (Å²) < 4.78 is 0. The van der Waals surface area contributed by atoms with Gasteiger partial charge in [-0.05, 0) is 30.5 Å². The molecule has 0 saturated carbocycles. The Morgan fingerprint density at radius 2 is 1.71 bits per heavy atom. The highest BCUT2D eigenvalue weighted by molar-refractivity contribution is 5.45. The zero-order valence-electron chi connectivity index (χ0n) is 11.0. The van der Waals surface area contributed by atoms with E-state index in [-0.39, 0.29) is 6.47 Å². The summed E-state index contributed by atoms with van der Waals surface area (Å²) in [6, 6.07) is 8.87. The summed E-state index contributed by atoms with van der Waals surface area (Å²) in [5.74, 6) is 0. The van der Waals surface area contributed by atoms with Gasteiger partial charge in [0.1, 0.15) is 0 Å². The first-order chi connectivity index (χ1) is 8.15. The summed E-state index contributed by atoms with van der Waals surface area (Å²) in [6.45, 7) is 2.00. The third-order valence-electron chi connectivity index (χ3n) is 2.52. The van der Waals surface area contributed by atoms with E-state index in [4.69, 9.17) is 9.90 Å². The fourth-order valence-electron chi connectivity index (χ4n) is 1.54. The quantitative estimate of drug-likeness (QED) is 0.631. The molecule has 0 aromatic heterocycles. The van der Waals surface area contributed by atoms with Crippen LogP contribution in [-0.4, -0.2) is 25.7 Å². The minimum Gasteiger partial charge on any atom is -0.483 e. The molecule has 1 N–H and O–H groups in total. The normalized spacial score (nSPS) is 9.12. The molecule has 17 heavy (non-hydrogen) atoms. The number of anilines is 1. The van der Waals surface area contributed by atoms with Crippen LogP contribution in [0.2, 0.25) is 0 Å². The predicted octanol–water partition coefficient (Wildman–Crippen LogP) is 3.19. The highest BCUT2D eigenvalue weighted by Gasteiger charge is 1.95. The third kappa shape index (κ3) is 7.39. The molecule has 96 valence electrons. The lowest BCUT2D eigenvalue weighted by atomic mass is 10.1. The minimum absolute atomic E-state index is 0.250. The fraction of sp³-hybridized carbons (Fsp3) is 0.500. The lowest BCUT2D eigenvalue weighted by Crippen LogP contribution is -2.08. The molecule has 3 heteroatoms. The molecule has 1 aromatic carbocycles. The van der Waals surface area contributed by atoms with E-state index in [1.165, 1.54) is 36.9 Å². The zero-order chi connectivity index (χ0) is 13.1. The van der Waals surface area contributed by atoms with Crippen molar-refractivity contribution in [1.82, 2.24) is 0 Å². The Balaban J connectivity index is 0.000000770. The number of benzene rings is 1. The SMILES string of the molecule is CCCCCc1ccc(N(C)C)cc1.O=CO. The first-order valence-corrected chi connectivity index (χ1v) is 5.99. The van der Waals surface area contributed by atoms with Crippen LogP contribution in [0.25, 0.3) is 0 Å². The number of aryl methyl sites for hydroxylation is 1. The summed E-state index contributed by atoms with van der Waals surface area (Å²) >= 11 is 0. The molecule has 0 fully saturated rings. The monoisotopic (exact) mass is 237 g/mol. The van der Waals surface area contributed by atoms with Crippen LogP contribution in [-0.2, 0) is 11.2 Å². The molecule has 0 bridgehead atoms. The van der Waals surface area contributed by atoms with Gasteiger partial charge in [-0.25, -0.2) is 0 Å². The molecule has 0 atom stereocenters. The van der Waals surface area contributed by atoms with Gasteiger partial charge < -0.3 is 10.0 Å². The van der Waals surface area contributed by atoms with Crippen molar-refractivity contribution in [2.24, 2.45) is 0 Å². The Morgan fingerprint density at radius 3 is 2.12 bits per heavy atom. The van der Waals surface area contributed by atoms with Crippen LogP contribution in [0.3, 0.4) is 0 Å². The van der Waals surface area contributed by atoms with Crippen LogP contribution < -0.4 is 4.90 Å². The van der Waals surface area contributed by atoms with E-state index in [9.17, 15) is 0 Å². The van der Waals surface area contributed by atoms with E-state index < -0.39 is 0 Å². The van der Waals surface area contributed by atoms with Crippen LogP contribution in [0.5, 0.6) is 0 Å². The molecule has 0 heterocycles. The number of hydrogen-bond acceptors (Lipinski definition) is 2. The molecule has 0 aliphatic rings. The number of rotatable bonds is 5. The first-order valence-electron chi connectivity index (χ1n) is 5.99. The highest BCUT2D eigenvalue weighted by Crippen LogP contribution is 2.14.